The Morgan fingerprint density at radius 1 is 1.56 bits per heavy atom. The number of amidine groups is 1. The topological polar surface area (TPSA) is 98.5 Å². The van der Waals surface area contributed by atoms with Gasteiger partial charge in [0.2, 0.25) is 5.91 Å². The van der Waals surface area contributed by atoms with Crippen molar-refractivity contribution in [3.05, 3.63) is 24.3 Å². The normalized spacial score (nSPS) is 10.9. The van der Waals surface area contributed by atoms with Gasteiger partial charge in [-0.1, -0.05) is 17.3 Å². The fourth-order valence-electron chi connectivity index (χ4n) is 1.15. The molecular weight excluding hydrogens is 210 g/mol. The number of para-hydroxylation sites is 2. The van der Waals surface area contributed by atoms with Crippen molar-refractivity contribution >= 4 is 17.4 Å². The molecule has 0 radical (unpaired) electrons. The number of rotatable bonds is 4. The van der Waals surface area contributed by atoms with Crippen LogP contribution in [0.1, 0.15) is 6.42 Å². The fraction of sp³-hybridized carbons (Fsp3) is 0.200. The first-order valence-corrected chi connectivity index (χ1v) is 4.61. The van der Waals surface area contributed by atoms with Crippen LogP contribution < -0.4 is 20.9 Å². The van der Waals surface area contributed by atoms with Gasteiger partial charge < -0.3 is 15.3 Å². The van der Waals surface area contributed by atoms with Crippen LogP contribution in [0.2, 0.25) is 0 Å². The Kier molecular flexibility index (Phi) is 4.14. The predicted molar refractivity (Wildman–Crippen MR) is 58.2 cm³/mol. The number of carbonyl (C=O) groups is 1. The zero-order valence-corrected chi connectivity index (χ0v) is 8.86. The molecule has 16 heavy (non-hydrogen) atoms. The number of ether oxygens (including phenoxy) is 1. The minimum atomic E-state index is -0.344. The molecule has 0 fully saturated rings. The van der Waals surface area contributed by atoms with E-state index in [1.54, 1.807) is 29.4 Å². The van der Waals surface area contributed by atoms with E-state index in [4.69, 9.17) is 15.7 Å². The standard InChI is InChI=1S/C10H13N3O3/c1-16-8-5-3-2-4-7(8)12-10(14)6-9(11)13-15/h2-5,15H,6H2,1H3,(H2,11,13)(H,12,14)/p+1. The molecule has 1 rings (SSSR count). The summed E-state index contributed by atoms with van der Waals surface area (Å²) in [5, 5.41) is 12.8. The fourth-order valence-corrected chi connectivity index (χ4v) is 1.15. The molecule has 5 N–H and O–H groups in total. The van der Waals surface area contributed by atoms with E-state index in [0.29, 0.717) is 11.4 Å². The molecule has 0 heterocycles. The SMILES string of the molecule is COc1ccccc1NC(=O)CC(N)=[NH+]O. The van der Waals surface area contributed by atoms with E-state index < -0.39 is 0 Å². The molecule has 1 aromatic rings. The number of benzene rings is 1. The maximum absolute atomic E-state index is 11.4. The van der Waals surface area contributed by atoms with Crippen molar-refractivity contribution in [1.82, 2.24) is 0 Å². The molecule has 0 aliphatic heterocycles. The van der Waals surface area contributed by atoms with Crippen LogP contribution in [0, 0.1) is 0 Å². The number of carbonyl (C=O) groups excluding carboxylic acids is 1. The molecule has 0 aromatic heterocycles. The van der Waals surface area contributed by atoms with Crippen molar-refractivity contribution in [3.63, 3.8) is 0 Å². The minimum absolute atomic E-state index is 0.0209. The Morgan fingerprint density at radius 3 is 2.88 bits per heavy atom. The lowest BCUT2D eigenvalue weighted by atomic mass is 10.2. The van der Waals surface area contributed by atoms with Crippen LogP contribution in [-0.4, -0.2) is 24.1 Å². The molecule has 6 heteroatoms. The zero-order valence-electron chi connectivity index (χ0n) is 8.86. The van der Waals surface area contributed by atoms with Gasteiger partial charge in [-0.25, -0.2) is 0 Å². The molecule has 0 unspecified atom stereocenters. The molecule has 1 amide bonds. The summed E-state index contributed by atoms with van der Waals surface area (Å²) >= 11 is 0. The van der Waals surface area contributed by atoms with E-state index in [0.717, 1.165) is 0 Å². The summed E-state index contributed by atoms with van der Waals surface area (Å²) in [6.07, 6.45) is -0.117. The first-order chi connectivity index (χ1) is 7.67. The van der Waals surface area contributed by atoms with Gasteiger partial charge in [-0.05, 0) is 12.1 Å². The van der Waals surface area contributed by atoms with Gasteiger partial charge >= 0.3 is 0 Å². The van der Waals surface area contributed by atoms with Crippen molar-refractivity contribution < 1.29 is 19.9 Å². The second kappa shape index (κ2) is 5.59. The molecule has 0 aliphatic rings. The van der Waals surface area contributed by atoms with Crippen molar-refractivity contribution in [2.75, 3.05) is 12.4 Å². The highest BCUT2D eigenvalue weighted by atomic mass is 16.5. The summed E-state index contributed by atoms with van der Waals surface area (Å²) in [4.78, 5) is 11.4. The third kappa shape index (κ3) is 3.16. The number of hydrogen-bond acceptors (Lipinski definition) is 3. The minimum Gasteiger partial charge on any atom is -0.495 e. The first-order valence-electron chi connectivity index (χ1n) is 4.61. The summed E-state index contributed by atoms with van der Waals surface area (Å²) in [7, 11) is 1.51. The summed E-state index contributed by atoms with van der Waals surface area (Å²) in [5.41, 5.74) is 5.82. The molecule has 0 aliphatic carbocycles. The average Bonchev–Trinajstić information content (AvgIpc) is 2.29. The van der Waals surface area contributed by atoms with Crippen LogP contribution in [0.15, 0.2) is 24.3 Å². The van der Waals surface area contributed by atoms with Gasteiger partial charge in [0.1, 0.15) is 12.2 Å². The number of amides is 1. The Morgan fingerprint density at radius 2 is 2.25 bits per heavy atom. The molecule has 0 atom stereocenters. The van der Waals surface area contributed by atoms with Crippen LogP contribution in [0.3, 0.4) is 0 Å². The van der Waals surface area contributed by atoms with Gasteiger partial charge in [0.05, 0.1) is 12.8 Å². The van der Waals surface area contributed by atoms with Gasteiger partial charge in [0.15, 0.2) is 0 Å². The van der Waals surface area contributed by atoms with E-state index in [9.17, 15) is 4.79 Å². The van der Waals surface area contributed by atoms with Gasteiger partial charge in [-0.2, -0.15) is 0 Å². The van der Waals surface area contributed by atoms with Crippen LogP contribution >= 0.6 is 0 Å². The maximum Gasteiger partial charge on any atom is 0.288 e. The Hall–Kier alpha value is -2.24. The largest absolute Gasteiger partial charge is 0.495 e. The van der Waals surface area contributed by atoms with Gasteiger partial charge in [0.25, 0.3) is 5.84 Å². The summed E-state index contributed by atoms with van der Waals surface area (Å²) in [6.45, 7) is 0. The van der Waals surface area contributed by atoms with Gasteiger partial charge in [0, 0.05) is 0 Å². The highest BCUT2D eigenvalue weighted by Gasteiger charge is 2.11. The number of nitrogens with two attached hydrogens (primary N) is 1. The maximum atomic E-state index is 11.4. The summed E-state index contributed by atoms with van der Waals surface area (Å²) < 4.78 is 5.06. The molecule has 0 spiro atoms. The number of methoxy groups -OCH3 is 1. The van der Waals surface area contributed by atoms with Crippen molar-refractivity contribution in [2.45, 2.75) is 6.42 Å². The highest BCUT2D eigenvalue weighted by Crippen LogP contribution is 2.22. The summed E-state index contributed by atoms with van der Waals surface area (Å²) in [6, 6.07) is 7.01. The Balaban J connectivity index is 2.69. The number of nitrogens with one attached hydrogen (secondary N) is 2. The van der Waals surface area contributed by atoms with E-state index in [-0.39, 0.29) is 18.2 Å². The Bertz CT molecular complexity index is 404. The lowest BCUT2D eigenvalue weighted by molar-refractivity contribution is -0.738. The molecule has 6 nitrogen and oxygen atoms in total. The van der Waals surface area contributed by atoms with Crippen molar-refractivity contribution in [2.24, 2.45) is 5.73 Å². The molecule has 1 aromatic carbocycles. The lowest BCUT2D eigenvalue weighted by Gasteiger charge is -2.08. The highest BCUT2D eigenvalue weighted by molar-refractivity contribution is 6.03. The molecule has 0 saturated carbocycles. The average molecular weight is 224 g/mol. The lowest BCUT2D eigenvalue weighted by Crippen LogP contribution is -2.72. The van der Waals surface area contributed by atoms with E-state index in [1.807, 2.05) is 0 Å². The second-order valence-electron chi connectivity index (χ2n) is 3.06. The van der Waals surface area contributed by atoms with Crippen molar-refractivity contribution in [1.29, 1.82) is 0 Å². The van der Waals surface area contributed by atoms with E-state index >= 15 is 0 Å². The molecule has 0 saturated heterocycles. The smallest absolute Gasteiger partial charge is 0.288 e. The van der Waals surface area contributed by atoms with Gasteiger partial charge in [-0.15, -0.1) is 0 Å². The zero-order chi connectivity index (χ0) is 12.0. The van der Waals surface area contributed by atoms with Gasteiger partial charge in [-0.3, -0.25) is 10.5 Å². The quantitative estimate of drug-likeness (QED) is 0.225. The molecule has 86 valence electrons. The molecule has 0 bridgehead atoms. The monoisotopic (exact) mass is 224 g/mol. The third-order valence-corrected chi connectivity index (χ3v) is 1.88. The van der Waals surface area contributed by atoms with Crippen LogP contribution in [0.4, 0.5) is 5.69 Å². The molecular formula is C10H14N3O3+. The van der Waals surface area contributed by atoms with E-state index in [2.05, 4.69) is 5.32 Å². The predicted octanol–water partition coefficient (Wildman–Crippen LogP) is -1.15. The number of anilines is 1. The van der Waals surface area contributed by atoms with E-state index in [1.165, 1.54) is 7.11 Å². The van der Waals surface area contributed by atoms with Crippen LogP contribution in [0.25, 0.3) is 0 Å². The number of hydrogen-bond donors (Lipinski definition) is 4. The van der Waals surface area contributed by atoms with Crippen LogP contribution in [-0.2, 0) is 4.79 Å². The second-order valence-corrected chi connectivity index (χ2v) is 3.06. The van der Waals surface area contributed by atoms with Crippen molar-refractivity contribution in [3.8, 4) is 5.75 Å². The van der Waals surface area contributed by atoms with Crippen LogP contribution in [0.5, 0.6) is 5.75 Å². The summed E-state index contributed by atoms with van der Waals surface area (Å²) in [5.74, 6) is 0.197. The Labute approximate surface area is 92.7 Å². The third-order valence-electron chi connectivity index (χ3n) is 1.88. The first kappa shape index (κ1) is 11.8.